The first-order valence-corrected chi connectivity index (χ1v) is 9.45. The number of carbonyl (C=O) groups is 1. The van der Waals surface area contributed by atoms with Crippen molar-refractivity contribution in [3.63, 3.8) is 0 Å². The van der Waals surface area contributed by atoms with Gasteiger partial charge >= 0.3 is 0 Å². The van der Waals surface area contributed by atoms with Gasteiger partial charge in [-0.2, -0.15) is 0 Å². The average Bonchev–Trinajstić information content (AvgIpc) is 3.09. The molecule has 3 fully saturated rings. The molecule has 3 N–H and O–H groups in total. The van der Waals surface area contributed by atoms with Gasteiger partial charge in [0.15, 0.2) is 0 Å². The molecule has 0 radical (unpaired) electrons. The van der Waals surface area contributed by atoms with Gasteiger partial charge in [0, 0.05) is 18.3 Å². The predicted molar refractivity (Wildman–Crippen MR) is 102 cm³/mol. The van der Waals surface area contributed by atoms with Crippen molar-refractivity contribution in [3.8, 4) is 11.3 Å². The number of rotatable bonds is 2. The van der Waals surface area contributed by atoms with Gasteiger partial charge in [-0.1, -0.05) is 0 Å². The van der Waals surface area contributed by atoms with Crippen LogP contribution in [0.5, 0.6) is 0 Å². The topological polar surface area (TPSA) is 74.0 Å². The molecule has 5 nitrogen and oxygen atoms in total. The van der Waals surface area contributed by atoms with Crippen LogP contribution in [0, 0.1) is 17.7 Å². The predicted octanol–water partition coefficient (Wildman–Crippen LogP) is 2.18. The number of aromatic amines is 1. The summed E-state index contributed by atoms with van der Waals surface area (Å²) in [6, 6.07) is 9.12. The van der Waals surface area contributed by atoms with Gasteiger partial charge in [0.1, 0.15) is 5.82 Å². The lowest BCUT2D eigenvalue weighted by Gasteiger charge is -2.21. The zero-order valence-corrected chi connectivity index (χ0v) is 15.3. The summed E-state index contributed by atoms with van der Waals surface area (Å²) in [7, 11) is 0. The maximum Gasteiger partial charge on any atom is 0.248 e. The highest BCUT2D eigenvalue weighted by molar-refractivity contribution is 5.90. The quantitative estimate of drug-likeness (QED) is 0.760. The lowest BCUT2D eigenvalue weighted by atomic mass is 9.81. The largest absolute Gasteiger partial charge is 0.355 e. The summed E-state index contributed by atoms with van der Waals surface area (Å²) in [6.07, 6.45) is 2.17. The molecule has 3 atom stereocenters. The molecule has 3 unspecified atom stereocenters. The zero-order valence-electron chi connectivity index (χ0n) is 15.3. The van der Waals surface area contributed by atoms with Gasteiger partial charge in [0.25, 0.3) is 0 Å². The molecular formula is C21H24FN3O2. The van der Waals surface area contributed by atoms with Crippen molar-refractivity contribution in [1.82, 2.24) is 15.6 Å². The fraction of sp³-hybridized carbons (Fsp3) is 0.429. The van der Waals surface area contributed by atoms with Gasteiger partial charge in [0.2, 0.25) is 11.5 Å². The molecule has 1 saturated carbocycles. The fourth-order valence-corrected chi connectivity index (χ4v) is 3.92. The Labute approximate surface area is 157 Å². The van der Waals surface area contributed by atoms with Crippen LogP contribution in [0.4, 0.5) is 4.39 Å². The molecule has 6 heteroatoms. The summed E-state index contributed by atoms with van der Waals surface area (Å²) in [5.41, 5.74) is 1.01. The second-order valence-corrected chi connectivity index (χ2v) is 7.91. The monoisotopic (exact) mass is 369 g/mol. The van der Waals surface area contributed by atoms with Crippen LogP contribution in [0.3, 0.4) is 0 Å². The maximum absolute atomic E-state index is 13.0. The average molecular weight is 369 g/mol. The lowest BCUT2D eigenvalue weighted by molar-refractivity contribution is -0.123. The van der Waals surface area contributed by atoms with Crippen molar-refractivity contribution in [1.29, 1.82) is 0 Å². The first-order chi connectivity index (χ1) is 13.0. The number of carbonyl (C=O) groups excluding carboxylic acids is 1. The van der Waals surface area contributed by atoms with Crippen LogP contribution in [0.2, 0.25) is 0 Å². The lowest BCUT2D eigenvalue weighted by Crippen LogP contribution is -2.33. The number of piperidine rings is 1. The van der Waals surface area contributed by atoms with Gasteiger partial charge in [-0.15, -0.1) is 0 Å². The van der Waals surface area contributed by atoms with Gasteiger partial charge in [-0.3, -0.25) is 9.59 Å². The minimum Gasteiger partial charge on any atom is -0.355 e. The summed E-state index contributed by atoms with van der Waals surface area (Å²) >= 11 is 0. The molecule has 1 aromatic carbocycles. The van der Waals surface area contributed by atoms with E-state index in [9.17, 15) is 14.0 Å². The molecule has 2 aromatic rings. The third-order valence-electron chi connectivity index (χ3n) is 5.93. The molecule has 1 aromatic heterocycles. The highest BCUT2D eigenvalue weighted by Crippen LogP contribution is 2.40. The second-order valence-electron chi connectivity index (χ2n) is 7.91. The van der Waals surface area contributed by atoms with Gasteiger partial charge < -0.3 is 15.6 Å². The molecule has 0 spiro atoms. The van der Waals surface area contributed by atoms with E-state index in [0.29, 0.717) is 29.8 Å². The van der Waals surface area contributed by atoms with E-state index in [1.54, 1.807) is 18.2 Å². The highest BCUT2D eigenvalue weighted by Gasteiger charge is 2.40. The Morgan fingerprint density at radius 1 is 1.07 bits per heavy atom. The SMILES string of the molecule is C1NCC2CC12.CC1(c2cc(-c3ccc(F)cc3)[nH]c(=O)c2)CCNC1=O. The third kappa shape index (κ3) is 3.67. The van der Waals surface area contributed by atoms with Crippen LogP contribution in [0.15, 0.2) is 41.2 Å². The van der Waals surface area contributed by atoms with Crippen molar-refractivity contribution < 1.29 is 9.18 Å². The minimum absolute atomic E-state index is 0.0712. The zero-order chi connectivity index (χ0) is 19.0. The summed E-state index contributed by atoms with van der Waals surface area (Å²) in [6.45, 7) is 5.06. The van der Waals surface area contributed by atoms with Gasteiger partial charge in [-0.05, 0) is 86.1 Å². The third-order valence-corrected chi connectivity index (χ3v) is 5.93. The Morgan fingerprint density at radius 2 is 1.78 bits per heavy atom. The van der Waals surface area contributed by atoms with E-state index in [2.05, 4.69) is 15.6 Å². The minimum atomic E-state index is -0.691. The van der Waals surface area contributed by atoms with E-state index in [0.717, 1.165) is 11.8 Å². The van der Waals surface area contributed by atoms with Crippen molar-refractivity contribution in [2.45, 2.75) is 25.2 Å². The molecule has 1 amide bonds. The Hall–Kier alpha value is -2.47. The van der Waals surface area contributed by atoms with Crippen molar-refractivity contribution in [3.05, 3.63) is 58.1 Å². The second kappa shape index (κ2) is 6.93. The molecule has 0 bridgehead atoms. The number of hydrogen-bond acceptors (Lipinski definition) is 3. The van der Waals surface area contributed by atoms with Crippen LogP contribution in [0.25, 0.3) is 11.3 Å². The molecule has 142 valence electrons. The van der Waals surface area contributed by atoms with Crippen LogP contribution < -0.4 is 16.2 Å². The molecule has 2 saturated heterocycles. The van der Waals surface area contributed by atoms with Gasteiger partial charge in [-0.25, -0.2) is 4.39 Å². The smallest absolute Gasteiger partial charge is 0.248 e. The van der Waals surface area contributed by atoms with E-state index in [1.165, 1.54) is 37.7 Å². The number of aromatic nitrogens is 1. The normalized spacial score (nSPS) is 28.1. The van der Waals surface area contributed by atoms with E-state index in [-0.39, 0.29) is 17.3 Å². The van der Waals surface area contributed by atoms with E-state index < -0.39 is 5.41 Å². The Morgan fingerprint density at radius 3 is 2.30 bits per heavy atom. The standard InChI is InChI=1S/C16H15FN2O2.C5H9N/c1-16(6-7-18-15(16)21)11-8-13(19-14(20)9-11)10-2-4-12(17)5-3-10;1-4-2-6-3-5(1)4/h2-5,8-9H,6-7H2,1H3,(H,18,21)(H,19,20);4-6H,1-3H2. The van der Waals surface area contributed by atoms with Crippen molar-refractivity contribution in [2.24, 2.45) is 11.8 Å². The number of pyridine rings is 1. The Kier molecular flexibility index (Phi) is 4.60. The number of hydrogen-bond donors (Lipinski definition) is 3. The molecule has 27 heavy (non-hydrogen) atoms. The number of H-pyrrole nitrogens is 1. The Bertz CT molecular complexity index is 900. The molecule has 1 aliphatic carbocycles. The number of halogens is 1. The van der Waals surface area contributed by atoms with Crippen LogP contribution in [0.1, 0.15) is 25.3 Å². The molecule has 2 aliphatic heterocycles. The van der Waals surface area contributed by atoms with Crippen LogP contribution in [-0.2, 0) is 10.2 Å². The molecule has 5 rings (SSSR count). The van der Waals surface area contributed by atoms with Gasteiger partial charge in [0.05, 0.1) is 5.41 Å². The summed E-state index contributed by atoms with van der Waals surface area (Å²) in [4.78, 5) is 26.7. The first-order valence-electron chi connectivity index (χ1n) is 9.45. The summed E-state index contributed by atoms with van der Waals surface area (Å²) in [5, 5.41) is 6.12. The van der Waals surface area contributed by atoms with Crippen molar-refractivity contribution >= 4 is 5.91 Å². The number of benzene rings is 1. The highest BCUT2D eigenvalue weighted by atomic mass is 19.1. The summed E-state index contributed by atoms with van der Waals surface area (Å²) < 4.78 is 13.0. The van der Waals surface area contributed by atoms with Crippen LogP contribution >= 0.6 is 0 Å². The number of amides is 1. The molecular weight excluding hydrogens is 345 g/mol. The van der Waals surface area contributed by atoms with E-state index in [4.69, 9.17) is 0 Å². The first kappa shape index (κ1) is 17.9. The molecule has 3 aliphatic rings. The van der Waals surface area contributed by atoms with E-state index >= 15 is 0 Å². The maximum atomic E-state index is 13.0. The number of fused-ring (bicyclic) bond motifs is 1. The van der Waals surface area contributed by atoms with E-state index in [1.807, 2.05) is 6.92 Å². The van der Waals surface area contributed by atoms with Crippen LogP contribution in [-0.4, -0.2) is 30.5 Å². The number of nitrogens with one attached hydrogen (secondary N) is 3. The van der Waals surface area contributed by atoms with Crippen molar-refractivity contribution in [2.75, 3.05) is 19.6 Å². The fourth-order valence-electron chi connectivity index (χ4n) is 3.92. The Balaban J connectivity index is 0.000000250. The summed E-state index contributed by atoms with van der Waals surface area (Å²) in [5.74, 6) is 1.80. The molecule has 3 heterocycles.